The summed E-state index contributed by atoms with van der Waals surface area (Å²) in [5.41, 5.74) is 2.11. The van der Waals surface area contributed by atoms with Crippen molar-refractivity contribution in [2.45, 2.75) is 18.9 Å². The zero-order valence-corrected chi connectivity index (χ0v) is 18.9. The van der Waals surface area contributed by atoms with Gasteiger partial charge in [0.2, 0.25) is 0 Å². The fourth-order valence-corrected chi connectivity index (χ4v) is 3.94. The van der Waals surface area contributed by atoms with Crippen LogP contribution in [0.4, 0.5) is 0 Å². The molecule has 1 unspecified atom stereocenters. The maximum Gasteiger partial charge on any atom is 0.310 e. The summed E-state index contributed by atoms with van der Waals surface area (Å²) < 4.78 is 10.7. The number of hydrogen-bond acceptors (Lipinski definition) is 5. The highest BCUT2D eigenvalue weighted by molar-refractivity contribution is 6.35. The predicted octanol–water partition coefficient (Wildman–Crippen LogP) is 5.70. The van der Waals surface area contributed by atoms with Crippen molar-refractivity contribution in [2.24, 2.45) is 5.10 Å². The lowest BCUT2D eigenvalue weighted by molar-refractivity contribution is -0.152. The number of benzene rings is 2. The number of furan rings is 1. The van der Waals surface area contributed by atoms with Crippen molar-refractivity contribution in [1.29, 1.82) is 0 Å². The van der Waals surface area contributed by atoms with Gasteiger partial charge < -0.3 is 9.15 Å². The van der Waals surface area contributed by atoms with E-state index in [0.29, 0.717) is 38.5 Å². The van der Waals surface area contributed by atoms with Gasteiger partial charge in [-0.15, -0.1) is 0 Å². The van der Waals surface area contributed by atoms with Crippen molar-refractivity contribution in [3.05, 3.63) is 92.8 Å². The molecule has 1 amide bonds. The van der Waals surface area contributed by atoms with Gasteiger partial charge in [0.05, 0.1) is 18.4 Å². The summed E-state index contributed by atoms with van der Waals surface area (Å²) >= 11 is 17.9. The van der Waals surface area contributed by atoms with Crippen LogP contribution in [0.25, 0.3) is 0 Å². The average Bonchev–Trinajstić information content (AvgIpc) is 3.44. The highest BCUT2D eigenvalue weighted by Crippen LogP contribution is 2.33. The second-order valence-electron chi connectivity index (χ2n) is 7.10. The molecule has 3 aromatic rings. The van der Waals surface area contributed by atoms with Crippen molar-refractivity contribution < 1.29 is 18.7 Å². The lowest BCUT2D eigenvalue weighted by atomic mass is 10.0. The van der Waals surface area contributed by atoms with Crippen LogP contribution >= 0.6 is 34.8 Å². The molecule has 1 aliphatic rings. The number of hydrazone groups is 1. The fourth-order valence-electron chi connectivity index (χ4n) is 3.34. The summed E-state index contributed by atoms with van der Waals surface area (Å²) in [4.78, 5) is 25.1. The van der Waals surface area contributed by atoms with Gasteiger partial charge in [0.15, 0.2) is 6.61 Å². The molecule has 0 N–H and O–H groups in total. The number of carbonyl (C=O) groups excluding carboxylic acids is 2. The van der Waals surface area contributed by atoms with E-state index in [4.69, 9.17) is 44.0 Å². The second-order valence-corrected chi connectivity index (χ2v) is 8.38. The third-order valence-electron chi connectivity index (χ3n) is 4.92. The van der Waals surface area contributed by atoms with Gasteiger partial charge >= 0.3 is 5.97 Å². The molecule has 4 rings (SSSR count). The van der Waals surface area contributed by atoms with Gasteiger partial charge in [-0.1, -0.05) is 53.0 Å². The molecule has 0 radical (unpaired) electrons. The van der Waals surface area contributed by atoms with E-state index in [1.807, 2.05) is 12.1 Å². The molecule has 1 aromatic heterocycles. The molecule has 0 bridgehead atoms. The van der Waals surface area contributed by atoms with E-state index in [1.54, 1.807) is 42.5 Å². The highest BCUT2D eigenvalue weighted by atomic mass is 35.5. The lowest BCUT2D eigenvalue weighted by Crippen LogP contribution is -2.31. The van der Waals surface area contributed by atoms with Gasteiger partial charge in [0, 0.05) is 21.5 Å². The topological polar surface area (TPSA) is 72.1 Å². The molecule has 0 saturated heterocycles. The first-order chi connectivity index (χ1) is 15.4. The number of hydrogen-bond donors (Lipinski definition) is 0. The Morgan fingerprint density at radius 1 is 1.06 bits per heavy atom. The molecule has 0 spiro atoms. The summed E-state index contributed by atoms with van der Waals surface area (Å²) in [5, 5.41) is 7.21. The molecule has 164 valence electrons. The molecule has 2 heterocycles. The van der Waals surface area contributed by atoms with E-state index in [-0.39, 0.29) is 6.42 Å². The zero-order valence-electron chi connectivity index (χ0n) is 16.6. The van der Waals surface area contributed by atoms with Crippen molar-refractivity contribution in [3.63, 3.8) is 0 Å². The Morgan fingerprint density at radius 3 is 2.50 bits per heavy atom. The first kappa shape index (κ1) is 22.4. The minimum atomic E-state index is -0.585. The largest absolute Gasteiger partial charge is 0.467 e. The van der Waals surface area contributed by atoms with E-state index >= 15 is 0 Å². The quantitative estimate of drug-likeness (QED) is 0.414. The van der Waals surface area contributed by atoms with Crippen molar-refractivity contribution >= 4 is 52.4 Å². The Balaban J connectivity index is 1.45. The van der Waals surface area contributed by atoms with Crippen LogP contribution in [0, 0.1) is 0 Å². The Morgan fingerprint density at radius 2 is 1.81 bits per heavy atom. The molecule has 1 atom stereocenters. The molecule has 0 saturated carbocycles. The molecule has 2 aromatic carbocycles. The first-order valence-electron chi connectivity index (χ1n) is 9.69. The standard InChI is InChI=1S/C23H17Cl3N2O4/c24-16-6-3-14(4-7-16)19-12-20(21-2-1-9-31-21)28(27-19)22(29)13-32-23(30)10-15-5-8-17(25)11-18(15)26/h1-9,11,20H,10,12-13H2. The normalized spacial score (nSPS) is 15.5. The number of carbonyl (C=O) groups is 2. The van der Waals surface area contributed by atoms with Crippen LogP contribution in [0.5, 0.6) is 0 Å². The minimum Gasteiger partial charge on any atom is -0.467 e. The van der Waals surface area contributed by atoms with Gasteiger partial charge in [0.1, 0.15) is 11.8 Å². The van der Waals surface area contributed by atoms with E-state index < -0.39 is 24.5 Å². The van der Waals surface area contributed by atoms with Gasteiger partial charge in [0.25, 0.3) is 5.91 Å². The second kappa shape index (κ2) is 9.77. The number of esters is 1. The number of rotatable bonds is 6. The molecular formula is C23H17Cl3N2O4. The molecule has 6 nitrogen and oxygen atoms in total. The smallest absolute Gasteiger partial charge is 0.310 e. The van der Waals surface area contributed by atoms with Gasteiger partial charge in [-0.05, 0) is 47.5 Å². The van der Waals surface area contributed by atoms with Crippen molar-refractivity contribution in [3.8, 4) is 0 Å². The molecule has 0 fully saturated rings. The zero-order chi connectivity index (χ0) is 22.7. The Bertz CT molecular complexity index is 1160. The summed E-state index contributed by atoms with van der Waals surface area (Å²) in [6.07, 6.45) is 1.91. The van der Waals surface area contributed by atoms with Crippen LogP contribution in [-0.2, 0) is 20.7 Å². The molecular weight excluding hydrogens is 475 g/mol. The molecule has 32 heavy (non-hydrogen) atoms. The maximum absolute atomic E-state index is 12.9. The van der Waals surface area contributed by atoms with Crippen molar-refractivity contribution in [2.75, 3.05) is 6.61 Å². The summed E-state index contributed by atoms with van der Waals surface area (Å²) in [6, 6.07) is 15.1. The van der Waals surface area contributed by atoms with Crippen LogP contribution in [-0.4, -0.2) is 29.2 Å². The van der Waals surface area contributed by atoms with Crippen LogP contribution in [0.15, 0.2) is 70.4 Å². The van der Waals surface area contributed by atoms with Crippen LogP contribution in [0.3, 0.4) is 0 Å². The van der Waals surface area contributed by atoms with Crippen LogP contribution in [0.2, 0.25) is 15.1 Å². The molecule has 0 aliphatic carbocycles. The van der Waals surface area contributed by atoms with E-state index in [9.17, 15) is 9.59 Å². The van der Waals surface area contributed by atoms with E-state index in [1.165, 1.54) is 11.3 Å². The average molecular weight is 492 g/mol. The number of ether oxygens (including phenoxy) is 1. The third kappa shape index (κ3) is 5.15. The van der Waals surface area contributed by atoms with Gasteiger partial charge in [-0.25, -0.2) is 5.01 Å². The van der Waals surface area contributed by atoms with Crippen molar-refractivity contribution in [1.82, 2.24) is 5.01 Å². The summed E-state index contributed by atoms with van der Waals surface area (Å²) in [7, 11) is 0. The molecule has 9 heteroatoms. The molecule has 1 aliphatic heterocycles. The van der Waals surface area contributed by atoms with E-state index in [2.05, 4.69) is 5.10 Å². The number of amides is 1. The lowest BCUT2D eigenvalue weighted by Gasteiger charge is -2.19. The summed E-state index contributed by atoms with van der Waals surface area (Å²) in [5.74, 6) is -0.463. The number of halogens is 3. The maximum atomic E-state index is 12.9. The fraction of sp³-hybridized carbons (Fsp3) is 0.174. The Hall–Kier alpha value is -2.80. The van der Waals surface area contributed by atoms with Crippen LogP contribution < -0.4 is 0 Å². The number of nitrogens with zero attached hydrogens (tertiary/aromatic N) is 2. The third-order valence-corrected chi connectivity index (χ3v) is 5.76. The Kier molecular flexibility index (Phi) is 6.84. The monoisotopic (exact) mass is 490 g/mol. The SMILES string of the molecule is O=C(Cc1ccc(Cl)cc1Cl)OCC(=O)N1N=C(c2ccc(Cl)cc2)CC1c1ccco1. The van der Waals surface area contributed by atoms with Gasteiger partial charge in [-0.3, -0.25) is 9.59 Å². The predicted molar refractivity (Wildman–Crippen MR) is 122 cm³/mol. The first-order valence-corrected chi connectivity index (χ1v) is 10.8. The summed E-state index contributed by atoms with van der Waals surface area (Å²) in [6.45, 7) is -0.460. The van der Waals surface area contributed by atoms with Gasteiger partial charge in [-0.2, -0.15) is 5.10 Å². The minimum absolute atomic E-state index is 0.0792. The Labute approximate surface area is 199 Å². The highest BCUT2D eigenvalue weighted by Gasteiger charge is 2.35. The van der Waals surface area contributed by atoms with E-state index in [0.717, 1.165) is 5.56 Å². The van der Waals surface area contributed by atoms with Crippen LogP contribution in [0.1, 0.15) is 29.3 Å².